The highest BCUT2D eigenvalue weighted by molar-refractivity contribution is 5.89. The van der Waals surface area contributed by atoms with Gasteiger partial charge < -0.3 is 15.1 Å². The van der Waals surface area contributed by atoms with Crippen molar-refractivity contribution in [3.63, 3.8) is 0 Å². The molecule has 0 atom stereocenters. The van der Waals surface area contributed by atoms with Crippen LogP contribution in [0.25, 0.3) is 11.2 Å². The van der Waals surface area contributed by atoms with Crippen molar-refractivity contribution in [1.29, 1.82) is 0 Å². The number of nitrogens with one attached hydrogen (secondary N) is 1. The number of pyridine rings is 1. The van der Waals surface area contributed by atoms with Gasteiger partial charge in [-0.3, -0.25) is 9.36 Å². The Morgan fingerprint density at radius 1 is 0.943 bits per heavy atom. The van der Waals surface area contributed by atoms with Crippen LogP contribution in [0.1, 0.15) is 16.7 Å². The van der Waals surface area contributed by atoms with Crippen LogP contribution in [0.15, 0.2) is 71.7 Å². The summed E-state index contributed by atoms with van der Waals surface area (Å²) in [6, 6.07) is 19.3. The number of nitrogens with zero attached hydrogens (tertiary/aromatic N) is 5. The van der Waals surface area contributed by atoms with Crippen molar-refractivity contribution in [2.24, 2.45) is 0 Å². The molecule has 1 aliphatic rings. The van der Waals surface area contributed by atoms with Gasteiger partial charge in [0.05, 0.1) is 6.54 Å². The number of piperazine rings is 1. The first-order valence-corrected chi connectivity index (χ1v) is 11.8. The first kappa shape index (κ1) is 22.6. The lowest BCUT2D eigenvalue weighted by atomic mass is 10.1. The highest BCUT2D eigenvalue weighted by atomic mass is 16.2. The van der Waals surface area contributed by atoms with Gasteiger partial charge in [0, 0.05) is 38.1 Å². The Labute approximate surface area is 203 Å². The summed E-state index contributed by atoms with van der Waals surface area (Å²) in [6.07, 6.45) is 1.68. The third-order valence-electron chi connectivity index (χ3n) is 6.49. The molecule has 4 aromatic rings. The highest BCUT2D eigenvalue weighted by Gasteiger charge is 2.25. The number of hydrogen-bond acceptors (Lipinski definition) is 5. The number of fused-ring (bicyclic) bond motifs is 1. The van der Waals surface area contributed by atoms with Crippen LogP contribution in [0, 0.1) is 13.8 Å². The van der Waals surface area contributed by atoms with Gasteiger partial charge in [-0.05, 0) is 54.8 Å². The van der Waals surface area contributed by atoms with Crippen molar-refractivity contribution in [2.75, 3.05) is 36.4 Å². The molecule has 2 amide bonds. The molecule has 0 spiro atoms. The Bertz CT molecular complexity index is 1430. The van der Waals surface area contributed by atoms with E-state index in [0.29, 0.717) is 49.7 Å². The number of amides is 2. The van der Waals surface area contributed by atoms with Crippen molar-refractivity contribution in [1.82, 2.24) is 19.4 Å². The molecule has 35 heavy (non-hydrogen) atoms. The lowest BCUT2D eigenvalue weighted by Gasteiger charge is -2.35. The zero-order valence-electron chi connectivity index (χ0n) is 19.9. The summed E-state index contributed by atoms with van der Waals surface area (Å²) >= 11 is 0. The minimum atomic E-state index is -0.173. The second-order valence-electron chi connectivity index (χ2n) is 8.86. The number of rotatable bonds is 4. The van der Waals surface area contributed by atoms with Gasteiger partial charge >= 0.3 is 6.03 Å². The zero-order chi connectivity index (χ0) is 24.4. The molecule has 8 nitrogen and oxygen atoms in total. The topological polar surface area (TPSA) is 83.4 Å². The standard InChI is InChI=1S/C27H28N6O2/c1-19-10-11-22(17-20(19)2)29-27(35)32-15-13-31(14-16-32)25-26(34)33(18-21-7-4-3-5-8-21)24-23(30-25)9-6-12-28-24/h3-12,17H,13-16,18H2,1-2H3,(H,29,35). The SMILES string of the molecule is Cc1ccc(NC(=O)N2CCN(c3nc4cccnc4n(Cc4ccccc4)c3=O)CC2)cc1C. The zero-order valence-corrected chi connectivity index (χ0v) is 19.9. The molecule has 1 N–H and O–H groups in total. The predicted molar refractivity (Wildman–Crippen MR) is 138 cm³/mol. The number of aromatic nitrogens is 3. The van der Waals surface area contributed by atoms with E-state index in [1.54, 1.807) is 15.7 Å². The normalized spacial score (nSPS) is 13.8. The molecule has 178 valence electrons. The first-order chi connectivity index (χ1) is 17.0. The lowest BCUT2D eigenvalue weighted by Crippen LogP contribution is -2.51. The fraction of sp³-hybridized carbons (Fsp3) is 0.259. The van der Waals surface area contributed by atoms with Crippen molar-refractivity contribution >= 4 is 28.7 Å². The smallest absolute Gasteiger partial charge is 0.321 e. The molecule has 0 aliphatic carbocycles. The van der Waals surface area contributed by atoms with Crippen molar-refractivity contribution in [3.05, 3.63) is 93.9 Å². The fourth-order valence-corrected chi connectivity index (χ4v) is 4.32. The van der Waals surface area contributed by atoms with Gasteiger partial charge in [-0.2, -0.15) is 0 Å². The van der Waals surface area contributed by atoms with E-state index in [2.05, 4.69) is 15.3 Å². The molecule has 5 rings (SSSR count). The van der Waals surface area contributed by atoms with Gasteiger partial charge in [0.15, 0.2) is 11.5 Å². The van der Waals surface area contributed by atoms with Crippen LogP contribution in [-0.4, -0.2) is 51.6 Å². The molecule has 0 bridgehead atoms. The number of aryl methyl sites for hydroxylation is 2. The van der Waals surface area contributed by atoms with E-state index in [1.807, 2.05) is 79.4 Å². The third kappa shape index (κ3) is 4.73. The minimum absolute atomic E-state index is 0.134. The lowest BCUT2D eigenvalue weighted by molar-refractivity contribution is 0.208. The molecule has 2 aromatic heterocycles. The largest absolute Gasteiger partial charge is 0.348 e. The Hall–Kier alpha value is -4.20. The number of hydrogen-bond donors (Lipinski definition) is 1. The summed E-state index contributed by atoms with van der Waals surface area (Å²) < 4.78 is 1.69. The molecule has 0 radical (unpaired) electrons. The van der Waals surface area contributed by atoms with Crippen molar-refractivity contribution < 1.29 is 4.79 Å². The maximum Gasteiger partial charge on any atom is 0.321 e. The van der Waals surface area contributed by atoms with E-state index in [0.717, 1.165) is 16.8 Å². The quantitative estimate of drug-likeness (QED) is 0.493. The molecule has 8 heteroatoms. The second-order valence-corrected chi connectivity index (χ2v) is 8.86. The van der Waals surface area contributed by atoms with E-state index >= 15 is 0 Å². The third-order valence-corrected chi connectivity index (χ3v) is 6.49. The van der Waals surface area contributed by atoms with Gasteiger partial charge in [0.25, 0.3) is 5.56 Å². The highest BCUT2D eigenvalue weighted by Crippen LogP contribution is 2.18. The number of anilines is 2. The summed E-state index contributed by atoms with van der Waals surface area (Å²) in [7, 11) is 0. The Kier molecular flexibility index (Phi) is 6.18. The van der Waals surface area contributed by atoms with Crippen LogP contribution < -0.4 is 15.8 Å². The van der Waals surface area contributed by atoms with Crippen molar-refractivity contribution in [3.8, 4) is 0 Å². The number of urea groups is 1. The molecular formula is C27H28N6O2. The molecule has 2 aromatic carbocycles. The summed E-state index contributed by atoms with van der Waals surface area (Å²) in [5.41, 5.74) is 5.20. The second kappa shape index (κ2) is 9.58. The van der Waals surface area contributed by atoms with E-state index < -0.39 is 0 Å². The maximum absolute atomic E-state index is 13.5. The van der Waals surface area contributed by atoms with Gasteiger partial charge in [-0.15, -0.1) is 0 Å². The van der Waals surface area contributed by atoms with Crippen LogP contribution in [0.4, 0.5) is 16.3 Å². The Morgan fingerprint density at radius 2 is 1.71 bits per heavy atom. The fourth-order valence-electron chi connectivity index (χ4n) is 4.32. The maximum atomic E-state index is 13.5. The van der Waals surface area contributed by atoms with Gasteiger partial charge in [0.2, 0.25) is 0 Å². The summed E-state index contributed by atoms with van der Waals surface area (Å²) in [6.45, 7) is 6.55. The van der Waals surface area contributed by atoms with Gasteiger partial charge in [-0.25, -0.2) is 14.8 Å². The van der Waals surface area contributed by atoms with E-state index in [4.69, 9.17) is 0 Å². The van der Waals surface area contributed by atoms with E-state index in [1.165, 1.54) is 5.56 Å². The summed E-state index contributed by atoms with van der Waals surface area (Å²) in [5.74, 6) is 0.399. The Balaban J connectivity index is 1.35. The Morgan fingerprint density at radius 3 is 2.46 bits per heavy atom. The van der Waals surface area contributed by atoms with Crippen LogP contribution in [0.5, 0.6) is 0 Å². The molecule has 3 heterocycles. The van der Waals surface area contributed by atoms with Crippen LogP contribution >= 0.6 is 0 Å². The average Bonchev–Trinajstić information content (AvgIpc) is 2.88. The first-order valence-electron chi connectivity index (χ1n) is 11.8. The number of benzene rings is 2. The predicted octanol–water partition coefficient (Wildman–Crippen LogP) is 3.81. The molecule has 0 unspecified atom stereocenters. The van der Waals surface area contributed by atoms with Gasteiger partial charge in [0.1, 0.15) is 5.52 Å². The summed E-state index contributed by atoms with van der Waals surface area (Å²) in [4.78, 5) is 39.2. The number of carbonyl (C=O) groups is 1. The van der Waals surface area contributed by atoms with Crippen LogP contribution in [0.2, 0.25) is 0 Å². The van der Waals surface area contributed by atoms with Crippen LogP contribution in [-0.2, 0) is 6.54 Å². The average molecular weight is 469 g/mol. The molecule has 0 saturated carbocycles. The number of carbonyl (C=O) groups excluding carboxylic acids is 1. The minimum Gasteiger partial charge on any atom is -0.348 e. The monoisotopic (exact) mass is 468 g/mol. The summed E-state index contributed by atoms with van der Waals surface area (Å²) in [5, 5.41) is 2.99. The molecular weight excluding hydrogens is 440 g/mol. The van der Waals surface area contributed by atoms with Crippen molar-refractivity contribution in [2.45, 2.75) is 20.4 Å². The van der Waals surface area contributed by atoms with Gasteiger partial charge in [-0.1, -0.05) is 36.4 Å². The molecule has 1 fully saturated rings. The van der Waals surface area contributed by atoms with E-state index in [9.17, 15) is 9.59 Å². The van der Waals surface area contributed by atoms with Crippen LogP contribution in [0.3, 0.4) is 0 Å². The van der Waals surface area contributed by atoms with E-state index in [-0.39, 0.29) is 11.6 Å². The molecule has 1 saturated heterocycles. The molecule has 1 aliphatic heterocycles.